The minimum Gasteiger partial charge on any atom is -0.351 e. The van der Waals surface area contributed by atoms with E-state index in [-0.39, 0.29) is 18.0 Å². The van der Waals surface area contributed by atoms with E-state index in [2.05, 4.69) is 85.5 Å². The number of hydrogen-bond donors (Lipinski definition) is 3. The summed E-state index contributed by atoms with van der Waals surface area (Å²) in [6, 6.07) is 16.8. The maximum atomic E-state index is 12.4. The Morgan fingerprint density at radius 2 is 1.76 bits per heavy atom. The fraction of sp³-hybridized carbons (Fsp3) is 0.381. The van der Waals surface area contributed by atoms with E-state index in [1.165, 1.54) is 16.7 Å². The molecule has 1 heterocycles. The van der Waals surface area contributed by atoms with Crippen molar-refractivity contribution >= 4 is 5.91 Å². The van der Waals surface area contributed by atoms with Crippen molar-refractivity contribution in [2.24, 2.45) is 0 Å². The highest BCUT2D eigenvalue weighted by Gasteiger charge is 2.29. The van der Waals surface area contributed by atoms with Crippen LogP contribution in [-0.4, -0.2) is 11.9 Å². The second kappa shape index (κ2) is 7.81. The monoisotopic (exact) mass is 337 g/mol. The number of aryl methyl sites for hydroxylation is 1. The first-order valence-electron chi connectivity index (χ1n) is 8.97. The van der Waals surface area contributed by atoms with Gasteiger partial charge in [-0.05, 0) is 36.0 Å². The van der Waals surface area contributed by atoms with Gasteiger partial charge in [-0.25, -0.2) is 10.9 Å². The normalized spacial score (nSPS) is 20.0. The predicted molar refractivity (Wildman–Crippen MR) is 101 cm³/mol. The van der Waals surface area contributed by atoms with Crippen LogP contribution in [0.4, 0.5) is 0 Å². The zero-order valence-corrected chi connectivity index (χ0v) is 15.2. The molecule has 3 rings (SSSR count). The van der Waals surface area contributed by atoms with E-state index in [1.807, 2.05) is 0 Å². The van der Waals surface area contributed by atoms with E-state index >= 15 is 0 Å². The molecule has 2 unspecified atom stereocenters. The molecule has 2 atom stereocenters. The van der Waals surface area contributed by atoms with Crippen molar-refractivity contribution in [1.29, 1.82) is 0 Å². The Bertz CT molecular complexity index is 707. The van der Waals surface area contributed by atoms with Gasteiger partial charge in [-0.15, -0.1) is 0 Å². The van der Waals surface area contributed by atoms with Crippen LogP contribution in [0.25, 0.3) is 0 Å². The largest absolute Gasteiger partial charge is 0.351 e. The quantitative estimate of drug-likeness (QED) is 0.784. The van der Waals surface area contributed by atoms with E-state index in [0.717, 1.165) is 12.0 Å². The number of hydrogen-bond acceptors (Lipinski definition) is 3. The minimum atomic E-state index is -0.207. The highest BCUT2D eigenvalue weighted by molar-refractivity contribution is 5.82. The molecule has 25 heavy (non-hydrogen) atoms. The van der Waals surface area contributed by atoms with Gasteiger partial charge in [0.1, 0.15) is 6.04 Å². The van der Waals surface area contributed by atoms with Gasteiger partial charge < -0.3 is 5.32 Å². The number of carbonyl (C=O) groups excluding carboxylic acids is 1. The molecule has 1 saturated heterocycles. The molecule has 0 radical (unpaired) electrons. The fourth-order valence-electron chi connectivity index (χ4n) is 3.08. The summed E-state index contributed by atoms with van der Waals surface area (Å²) in [6.07, 6.45) is 0.751. The van der Waals surface area contributed by atoms with Crippen LogP contribution in [0.5, 0.6) is 0 Å². The van der Waals surface area contributed by atoms with Gasteiger partial charge in [-0.1, -0.05) is 67.9 Å². The Morgan fingerprint density at radius 3 is 2.40 bits per heavy atom. The topological polar surface area (TPSA) is 53.2 Å². The summed E-state index contributed by atoms with van der Waals surface area (Å²) in [5, 5.41) is 3.03. The van der Waals surface area contributed by atoms with Crippen molar-refractivity contribution in [2.75, 3.05) is 0 Å². The number of benzene rings is 2. The van der Waals surface area contributed by atoms with Crippen LogP contribution in [0, 0.1) is 6.92 Å². The summed E-state index contributed by atoms with van der Waals surface area (Å²) >= 11 is 0. The first-order valence-corrected chi connectivity index (χ1v) is 8.97. The van der Waals surface area contributed by atoms with Crippen molar-refractivity contribution in [1.82, 2.24) is 16.2 Å². The summed E-state index contributed by atoms with van der Waals surface area (Å²) in [7, 11) is 0. The van der Waals surface area contributed by atoms with Gasteiger partial charge >= 0.3 is 0 Å². The summed E-state index contributed by atoms with van der Waals surface area (Å²) in [4.78, 5) is 12.4. The van der Waals surface area contributed by atoms with Crippen LogP contribution in [0.3, 0.4) is 0 Å². The Labute approximate surface area is 150 Å². The van der Waals surface area contributed by atoms with Crippen LogP contribution in [0.1, 0.15) is 54.5 Å². The fourth-order valence-corrected chi connectivity index (χ4v) is 3.08. The molecule has 4 heteroatoms. The number of carbonyl (C=O) groups is 1. The molecule has 2 aromatic carbocycles. The van der Waals surface area contributed by atoms with Gasteiger partial charge in [0.25, 0.3) is 0 Å². The summed E-state index contributed by atoms with van der Waals surface area (Å²) in [5.41, 5.74) is 11.2. The smallest absolute Gasteiger partial charge is 0.238 e. The van der Waals surface area contributed by atoms with Crippen LogP contribution in [0.2, 0.25) is 0 Å². The van der Waals surface area contributed by atoms with Gasteiger partial charge in [-0.3, -0.25) is 4.79 Å². The van der Waals surface area contributed by atoms with Gasteiger partial charge in [0, 0.05) is 12.6 Å². The zero-order chi connectivity index (χ0) is 17.8. The third-order valence-electron chi connectivity index (χ3n) is 4.81. The molecule has 0 spiro atoms. The van der Waals surface area contributed by atoms with E-state index in [9.17, 15) is 4.79 Å². The molecule has 0 bridgehead atoms. The standard InChI is InChI=1S/C21H27N3O/c1-14(2)17-10-6-16(7-11-17)13-22-21(25)20-12-19(23-24-20)18-8-4-15(3)5-9-18/h4-11,14,19-20,23-24H,12-13H2,1-3H3,(H,22,25). The summed E-state index contributed by atoms with van der Waals surface area (Å²) in [5.74, 6) is 0.561. The third kappa shape index (κ3) is 4.47. The lowest BCUT2D eigenvalue weighted by molar-refractivity contribution is -0.123. The molecule has 2 aromatic rings. The number of rotatable bonds is 5. The van der Waals surface area contributed by atoms with Gasteiger partial charge in [0.05, 0.1) is 0 Å². The Kier molecular flexibility index (Phi) is 5.51. The first-order chi connectivity index (χ1) is 12.0. The highest BCUT2D eigenvalue weighted by Crippen LogP contribution is 2.22. The zero-order valence-electron chi connectivity index (χ0n) is 15.2. The van der Waals surface area contributed by atoms with E-state index in [4.69, 9.17) is 0 Å². The molecule has 0 saturated carbocycles. The molecule has 1 aliphatic heterocycles. The van der Waals surface area contributed by atoms with Crippen molar-refractivity contribution in [3.63, 3.8) is 0 Å². The van der Waals surface area contributed by atoms with E-state index in [0.29, 0.717) is 12.5 Å². The van der Waals surface area contributed by atoms with Crippen molar-refractivity contribution in [3.05, 3.63) is 70.8 Å². The Morgan fingerprint density at radius 1 is 1.08 bits per heavy atom. The molecular formula is C21H27N3O. The van der Waals surface area contributed by atoms with E-state index in [1.54, 1.807) is 0 Å². The molecule has 1 aliphatic rings. The molecule has 0 aliphatic carbocycles. The van der Waals surface area contributed by atoms with Crippen LogP contribution < -0.4 is 16.2 Å². The number of hydrazine groups is 1. The molecular weight excluding hydrogens is 310 g/mol. The highest BCUT2D eigenvalue weighted by atomic mass is 16.2. The minimum absolute atomic E-state index is 0.0371. The summed E-state index contributed by atoms with van der Waals surface area (Å²) in [6.45, 7) is 7.00. The second-order valence-corrected chi connectivity index (χ2v) is 7.15. The molecule has 132 valence electrons. The lowest BCUT2D eigenvalue weighted by Gasteiger charge is -2.12. The van der Waals surface area contributed by atoms with Crippen molar-refractivity contribution in [3.8, 4) is 0 Å². The Hall–Kier alpha value is -2.17. The van der Waals surface area contributed by atoms with Crippen LogP contribution in [0.15, 0.2) is 48.5 Å². The second-order valence-electron chi connectivity index (χ2n) is 7.15. The third-order valence-corrected chi connectivity index (χ3v) is 4.81. The van der Waals surface area contributed by atoms with Crippen molar-refractivity contribution < 1.29 is 4.79 Å². The number of amides is 1. The maximum Gasteiger partial charge on any atom is 0.238 e. The SMILES string of the molecule is Cc1ccc(C2CC(C(=O)NCc3ccc(C(C)C)cc3)NN2)cc1. The summed E-state index contributed by atoms with van der Waals surface area (Å²) < 4.78 is 0. The van der Waals surface area contributed by atoms with Gasteiger partial charge in [0.2, 0.25) is 5.91 Å². The van der Waals surface area contributed by atoms with E-state index < -0.39 is 0 Å². The average molecular weight is 337 g/mol. The lowest BCUT2D eigenvalue weighted by atomic mass is 10.0. The molecule has 3 N–H and O–H groups in total. The predicted octanol–water partition coefficient (Wildman–Crippen LogP) is 3.34. The lowest BCUT2D eigenvalue weighted by Crippen LogP contribution is -2.42. The van der Waals surface area contributed by atoms with Crippen molar-refractivity contribution in [2.45, 2.75) is 51.7 Å². The van der Waals surface area contributed by atoms with Gasteiger partial charge in [0.15, 0.2) is 0 Å². The molecule has 0 aromatic heterocycles. The Balaban J connectivity index is 1.51. The van der Waals surface area contributed by atoms with Crippen LogP contribution >= 0.6 is 0 Å². The molecule has 1 amide bonds. The first kappa shape index (κ1) is 17.6. The molecule has 1 fully saturated rings. The maximum absolute atomic E-state index is 12.4. The molecule has 4 nitrogen and oxygen atoms in total. The van der Waals surface area contributed by atoms with Crippen LogP contribution in [-0.2, 0) is 11.3 Å². The van der Waals surface area contributed by atoms with Gasteiger partial charge in [-0.2, -0.15) is 0 Å². The average Bonchev–Trinajstić information content (AvgIpc) is 3.11. The number of nitrogens with one attached hydrogen (secondary N) is 3.